The van der Waals surface area contributed by atoms with Gasteiger partial charge in [0.15, 0.2) is 9.84 Å². The molecule has 5 nitrogen and oxygen atoms in total. The largest absolute Gasteiger partial charge is 0.396 e. The number of rotatable bonds is 9. The maximum Gasteiger partial charge on any atom is 0.154 e. The van der Waals surface area contributed by atoms with Crippen LogP contribution >= 0.6 is 0 Å². The lowest BCUT2D eigenvalue weighted by Crippen LogP contribution is -2.37. The molecule has 0 saturated heterocycles. The van der Waals surface area contributed by atoms with Crippen LogP contribution in [0, 0.1) is 0 Å². The van der Waals surface area contributed by atoms with Gasteiger partial charge in [-0.15, -0.1) is 0 Å². The summed E-state index contributed by atoms with van der Waals surface area (Å²) in [4.78, 5) is 0. The van der Waals surface area contributed by atoms with Gasteiger partial charge in [-0.2, -0.15) is 0 Å². The normalized spacial score (nSPS) is 14.1. The van der Waals surface area contributed by atoms with E-state index in [9.17, 15) is 8.42 Å². The zero-order chi connectivity index (χ0) is 11.7. The number of sulfone groups is 1. The Morgan fingerprint density at radius 3 is 2.60 bits per heavy atom. The fourth-order valence-corrected chi connectivity index (χ4v) is 2.77. The third-order valence-electron chi connectivity index (χ3n) is 2.02. The molecule has 0 rings (SSSR count). The van der Waals surface area contributed by atoms with E-state index < -0.39 is 9.84 Å². The van der Waals surface area contributed by atoms with Crippen LogP contribution in [0.4, 0.5) is 0 Å². The van der Waals surface area contributed by atoms with Crippen molar-refractivity contribution in [1.29, 1.82) is 0 Å². The monoisotopic (exact) mass is 239 g/mol. The number of aliphatic hydroxyl groups is 1. The minimum Gasteiger partial charge on any atom is -0.396 e. The van der Waals surface area contributed by atoms with Gasteiger partial charge >= 0.3 is 0 Å². The molecule has 0 fully saturated rings. The summed E-state index contributed by atoms with van der Waals surface area (Å²) < 4.78 is 27.8. The van der Waals surface area contributed by atoms with E-state index in [1.165, 1.54) is 7.11 Å². The molecular formula is C9H21NO4S. The van der Waals surface area contributed by atoms with Crippen molar-refractivity contribution in [3.05, 3.63) is 0 Å². The maximum absolute atomic E-state index is 11.5. The molecule has 1 unspecified atom stereocenters. The minimum atomic E-state index is -3.09. The molecule has 1 atom stereocenters. The fraction of sp³-hybridized carbons (Fsp3) is 1.00. The van der Waals surface area contributed by atoms with Crippen LogP contribution in [0.25, 0.3) is 0 Å². The summed E-state index contributed by atoms with van der Waals surface area (Å²) in [5, 5.41) is 11.8. The van der Waals surface area contributed by atoms with E-state index in [1.807, 2.05) is 6.92 Å². The Kier molecular flexibility index (Phi) is 7.95. The molecule has 0 aliphatic carbocycles. The van der Waals surface area contributed by atoms with Gasteiger partial charge in [0.25, 0.3) is 0 Å². The van der Waals surface area contributed by atoms with Crippen molar-refractivity contribution in [1.82, 2.24) is 5.32 Å². The van der Waals surface area contributed by atoms with E-state index >= 15 is 0 Å². The third-order valence-corrected chi connectivity index (χ3v) is 3.72. The van der Waals surface area contributed by atoms with E-state index in [2.05, 4.69) is 5.32 Å². The molecule has 0 amide bonds. The minimum absolute atomic E-state index is 0.00252. The van der Waals surface area contributed by atoms with Crippen LogP contribution in [0.3, 0.4) is 0 Å². The van der Waals surface area contributed by atoms with E-state index in [0.717, 1.165) is 0 Å². The highest BCUT2D eigenvalue weighted by molar-refractivity contribution is 7.91. The van der Waals surface area contributed by atoms with Crippen LogP contribution < -0.4 is 5.32 Å². The van der Waals surface area contributed by atoms with E-state index in [-0.39, 0.29) is 30.8 Å². The van der Waals surface area contributed by atoms with E-state index in [4.69, 9.17) is 9.84 Å². The second-order valence-corrected chi connectivity index (χ2v) is 5.60. The van der Waals surface area contributed by atoms with Crippen LogP contribution in [-0.2, 0) is 14.6 Å². The maximum atomic E-state index is 11.5. The van der Waals surface area contributed by atoms with Crippen LogP contribution in [-0.4, -0.2) is 57.9 Å². The molecule has 0 saturated carbocycles. The molecule has 0 radical (unpaired) electrons. The van der Waals surface area contributed by atoms with Crippen LogP contribution in [0.5, 0.6) is 0 Å². The standard InChI is InChI=1S/C9H21NO4S/c1-3-10-9(4-5-11)8-15(12,13)7-6-14-2/h9-11H,3-8H2,1-2H3. The molecule has 0 aromatic carbocycles. The molecule has 0 spiro atoms. The van der Waals surface area contributed by atoms with Gasteiger partial charge in [-0.3, -0.25) is 0 Å². The van der Waals surface area contributed by atoms with Crippen LogP contribution in [0.15, 0.2) is 0 Å². The molecule has 0 aromatic rings. The van der Waals surface area contributed by atoms with Crippen molar-refractivity contribution in [2.75, 3.05) is 38.4 Å². The highest BCUT2D eigenvalue weighted by Gasteiger charge is 2.17. The first kappa shape index (κ1) is 14.8. The summed E-state index contributed by atoms with van der Waals surface area (Å²) in [5.74, 6) is 0.0988. The molecule has 2 N–H and O–H groups in total. The van der Waals surface area contributed by atoms with Gasteiger partial charge in [0, 0.05) is 19.8 Å². The van der Waals surface area contributed by atoms with Crippen molar-refractivity contribution in [3.8, 4) is 0 Å². The lowest BCUT2D eigenvalue weighted by Gasteiger charge is -2.16. The van der Waals surface area contributed by atoms with Crippen LogP contribution in [0.2, 0.25) is 0 Å². The highest BCUT2D eigenvalue weighted by Crippen LogP contribution is 1.99. The number of methoxy groups -OCH3 is 1. The number of nitrogens with one attached hydrogen (secondary N) is 1. The SMILES string of the molecule is CCNC(CCO)CS(=O)(=O)CCOC. The first-order valence-corrected chi connectivity index (χ1v) is 6.91. The number of aliphatic hydroxyl groups excluding tert-OH is 1. The van der Waals surface area contributed by atoms with Crippen molar-refractivity contribution in [2.45, 2.75) is 19.4 Å². The van der Waals surface area contributed by atoms with Crippen molar-refractivity contribution in [2.24, 2.45) is 0 Å². The summed E-state index contributed by atoms with van der Waals surface area (Å²) in [5.41, 5.74) is 0. The quantitative estimate of drug-likeness (QED) is 0.562. The Balaban J connectivity index is 4.12. The Hall–Kier alpha value is -0.170. The third kappa shape index (κ3) is 7.72. The Labute approximate surface area is 91.7 Å². The highest BCUT2D eigenvalue weighted by atomic mass is 32.2. The molecule has 0 bridgehead atoms. The van der Waals surface area contributed by atoms with E-state index in [0.29, 0.717) is 13.0 Å². The number of hydrogen-bond acceptors (Lipinski definition) is 5. The smallest absolute Gasteiger partial charge is 0.154 e. The molecular weight excluding hydrogens is 218 g/mol. The topological polar surface area (TPSA) is 75.6 Å². The molecule has 0 aliphatic rings. The summed E-state index contributed by atoms with van der Waals surface area (Å²) in [6.45, 7) is 2.83. The first-order chi connectivity index (χ1) is 7.05. The molecule has 0 heterocycles. The average molecular weight is 239 g/mol. The van der Waals surface area contributed by atoms with Crippen LogP contribution in [0.1, 0.15) is 13.3 Å². The van der Waals surface area contributed by atoms with Gasteiger partial charge in [0.1, 0.15) is 0 Å². The number of hydrogen-bond donors (Lipinski definition) is 2. The van der Waals surface area contributed by atoms with Gasteiger partial charge in [-0.25, -0.2) is 8.42 Å². The second kappa shape index (κ2) is 8.04. The van der Waals surface area contributed by atoms with Gasteiger partial charge < -0.3 is 15.2 Å². The van der Waals surface area contributed by atoms with Crippen molar-refractivity contribution >= 4 is 9.84 Å². The second-order valence-electron chi connectivity index (χ2n) is 3.37. The lowest BCUT2D eigenvalue weighted by atomic mass is 10.2. The van der Waals surface area contributed by atoms with Gasteiger partial charge in [-0.05, 0) is 13.0 Å². The fourth-order valence-electron chi connectivity index (χ4n) is 1.29. The zero-order valence-electron chi connectivity index (χ0n) is 9.40. The Bertz CT molecular complexity index is 234. The predicted molar refractivity (Wildman–Crippen MR) is 59.7 cm³/mol. The molecule has 15 heavy (non-hydrogen) atoms. The average Bonchev–Trinajstić information content (AvgIpc) is 2.15. The first-order valence-electron chi connectivity index (χ1n) is 5.09. The molecule has 6 heteroatoms. The Morgan fingerprint density at radius 1 is 1.47 bits per heavy atom. The van der Waals surface area contributed by atoms with Crippen molar-refractivity contribution < 1.29 is 18.3 Å². The molecule has 92 valence electrons. The molecule has 0 aromatic heterocycles. The Morgan fingerprint density at radius 2 is 2.13 bits per heavy atom. The van der Waals surface area contributed by atoms with Crippen molar-refractivity contribution in [3.63, 3.8) is 0 Å². The molecule has 0 aliphatic heterocycles. The summed E-state index contributed by atoms with van der Waals surface area (Å²) in [7, 11) is -1.61. The summed E-state index contributed by atoms with van der Waals surface area (Å²) >= 11 is 0. The number of ether oxygens (including phenoxy) is 1. The lowest BCUT2D eigenvalue weighted by molar-refractivity contribution is 0.217. The summed E-state index contributed by atoms with van der Waals surface area (Å²) in [6.07, 6.45) is 0.458. The zero-order valence-corrected chi connectivity index (χ0v) is 10.2. The predicted octanol–water partition coefficient (Wildman–Crippen LogP) is -0.592. The summed E-state index contributed by atoms with van der Waals surface area (Å²) in [6, 6.07) is -0.165. The van der Waals surface area contributed by atoms with Gasteiger partial charge in [0.2, 0.25) is 0 Å². The van der Waals surface area contributed by atoms with Gasteiger partial charge in [-0.1, -0.05) is 6.92 Å². The van der Waals surface area contributed by atoms with E-state index in [1.54, 1.807) is 0 Å². The van der Waals surface area contributed by atoms with Gasteiger partial charge in [0.05, 0.1) is 18.1 Å².